The van der Waals surface area contributed by atoms with Crippen LogP contribution in [0.15, 0.2) is 12.3 Å². The van der Waals surface area contributed by atoms with E-state index in [0.717, 1.165) is 49.2 Å². The number of carbonyl (C=O) groups excluding carboxylic acids is 1. The van der Waals surface area contributed by atoms with Crippen molar-refractivity contribution in [3.63, 3.8) is 0 Å². The van der Waals surface area contributed by atoms with Gasteiger partial charge >= 0.3 is 0 Å². The second-order valence-corrected chi connectivity index (χ2v) is 5.83. The van der Waals surface area contributed by atoms with Crippen LogP contribution >= 0.6 is 0 Å². The van der Waals surface area contributed by atoms with E-state index < -0.39 is 0 Å². The smallest absolute Gasteiger partial charge is 0.219 e. The minimum Gasteiger partial charge on any atom is -0.343 e. The molecule has 1 fully saturated rings. The minimum absolute atomic E-state index is 0.182. The number of aryl methyl sites for hydroxylation is 2. The van der Waals surface area contributed by atoms with Crippen molar-refractivity contribution in [3.8, 4) is 0 Å². The molecule has 5 nitrogen and oxygen atoms in total. The largest absolute Gasteiger partial charge is 0.343 e. The average Bonchev–Trinajstić information content (AvgIpc) is 2.84. The molecule has 1 saturated heterocycles. The van der Waals surface area contributed by atoms with Crippen molar-refractivity contribution in [1.82, 2.24) is 19.4 Å². The first-order valence-electron chi connectivity index (χ1n) is 7.67. The van der Waals surface area contributed by atoms with Gasteiger partial charge in [-0.2, -0.15) is 0 Å². The Bertz CT molecular complexity index is 668. The Morgan fingerprint density at radius 3 is 2.71 bits per heavy atom. The zero-order chi connectivity index (χ0) is 15.0. The van der Waals surface area contributed by atoms with Gasteiger partial charge in [0.25, 0.3) is 0 Å². The fourth-order valence-corrected chi connectivity index (χ4v) is 3.18. The number of likely N-dealkylation sites (tertiary alicyclic amines) is 1. The molecule has 3 heterocycles. The van der Waals surface area contributed by atoms with Gasteiger partial charge in [-0.15, -0.1) is 0 Å². The van der Waals surface area contributed by atoms with Crippen molar-refractivity contribution in [2.24, 2.45) is 7.05 Å². The Balaban J connectivity index is 1.88. The van der Waals surface area contributed by atoms with E-state index in [9.17, 15) is 4.79 Å². The number of hydrogen-bond donors (Lipinski definition) is 0. The molecular formula is C16H22N4O. The molecule has 0 aromatic carbocycles. The van der Waals surface area contributed by atoms with E-state index in [2.05, 4.69) is 34.6 Å². The molecule has 1 amide bonds. The van der Waals surface area contributed by atoms with Crippen LogP contribution in [0.5, 0.6) is 0 Å². The van der Waals surface area contributed by atoms with Crippen molar-refractivity contribution in [2.45, 2.75) is 39.0 Å². The first kappa shape index (κ1) is 14.0. The molecule has 0 bridgehead atoms. The lowest BCUT2D eigenvalue weighted by molar-refractivity contribution is -0.129. The topological polar surface area (TPSA) is 51.0 Å². The monoisotopic (exact) mass is 286 g/mol. The normalized spacial score (nSPS) is 16.6. The molecule has 21 heavy (non-hydrogen) atoms. The van der Waals surface area contributed by atoms with E-state index in [-0.39, 0.29) is 5.91 Å². The summed E-state index contributed by atoms with van der Waals surface area (Å²) in [7, 11) is 2.07. The summed E-state index contributed by atoms with van der Waals surface area (Å²) in [6, 6.07) is 2.16. The standard InChI is InChI=1S/C16H22N4O/c1-4-13-10-17-14-9-15(19(3)16(14)18-13)12-5-7-20(8-6-12)11(2)21/h9-10,12H,4-8H2,1-3H3. The Morgan fingerprint density at radius 2 is 2.10 bits per heavy atom. The number of fused-ring (bicyclic) bond motifs is 1. The molecule has 0 aliphatic carbocycles. The van der Waals surface area contributed by atoms with Crippen LogP contribution in [0.3, 0.4) is 0 Å². The lowest BCUT2D eigenvalue weighted by Crippen LogP contribution is -2.36. The van der Waals surface area contributed by atoms with E-state index in [1.165, 1.54) is 5.69 Å². The van der Waals surface area contributed by atoms with Crippen molar-refractivity contribution in [2.75, 3.05) is 13.1 Å². The quantitative estimate of drug-likeness (QED) is 0.851. The van der Waals surface area contributed by atoms with Crippen molar-refractivity contribution < 1.29 is 4.79 Å². The predicted molar refractivity (Wildman–Crippen MR) is 82.1 cm³/mol. The molecule has 2 aromatic heterocycles. The molecule has 3 rings (SSSR count). The summed E-state index contributed by atoms with van der Waals surface area (Å²) < 4.78 is 2.18. The minimum atomic E-state index is 0.182. The molecule has 0 N–H and O–H groups in total. The molecule has 0 unspecified atom stereocenters. The molecule has 1 aliphatic rings. The maximum atomic E-state index is 11.4. The van der Waals surface area contributed by atoms with E-state index >= 15 is 0 Å². The van der Waals surface area contributed by atoms with Gasteiger partial charge in [0.2, 0.25) is 5.91 Å². The van der Waals surface area contributed by atoms with Crippen LogP contribution in [0, 0.1) is 0 Å². The molecule has 5 heteroatoms. The molecule has 112 valence electrons. The second kappa shape index (κ2) is 5.47. The zero-order valence-corrected chi connectivity index (χ0v) is 13.0. The lowest BCUT2D eigenvalue weighted by atomic mass is 9.93. The van der Waals surface area contributed by atoms with Crippen molar-refractivity contribution in [3.05, 3.63) is 23.7 Å². The first-order chi connectivity index (χ1) is 10.1. The maximum absolute atomic E-state index is 11.4. The van der Waals surface area contributed by atoms with Crippen LogP contribution in [0.4, 0.5) is 0 Å². The van der Waals surface area contributed by atoms with Gasteiger partial charge in [0.1, 0.15) is 5.52 Å². The van der Waals surface area contributed by atoms with Crippen molar-refractivity contribution in [1.29, 1.82) is 0 Å². The third kappa shape index (κ3) is 2.52. The number of carbonyl (C=O) groups is 1. The van der Waals surface area contributed by atoms with Crippen LogP contribution in [-0.2, 0) is 18.3 Å². The Hall–Kier alpha value is -1.91. The van der Waals surface area contributed by atoms with E-state index in [0.29, 0.717) is 5.92 Å². The van der Waals surface area contributed by atoms with Gasteiger partial charge in [0, 0.05) is 44.9 Å². The van der Waals surface area contributed by atoms with Crippen LogP contribution in [0.2, 0.25) is 0 Å². The fourth-order valence-electron chi connectivity index (χ4n) is 3.18. The van der Waals surface area contributed by atoms with Crippen LogP contribution < -0.4 is 0 Å². The molecule has 0 spiro atoms. The number of amides is 1. The van der Waals surface area contributed by atoms with E-state index in [1.54, 1.807) is 6.92 Å². The van der Waals surface area contributed by atoms with Gasteiger partial charge in [-0.25, -0.2) is 4.98 Å². The van der Waals surface area contributed by atoms with Gasteiger partial charge < -0.3 is 9.47 Å². The van der Waals surface area contributed by atoms with Crippen LogP contribution in [0.1, 0.15) is 44.0 Å². The highest BCUT2D eigenvalue weighted by Crippen LogP contribution is 2.30. The fraction of sp³-hybridized carbons (Fsp3) is 0.562. The highest BCUT2D eigenvalue weighted by atomic mass is 16.2. The van der Waals surface area contributed by atoms with Crippen LogP contribution in [-0.4, -0.2) is 38.4 Å². The van der Waals surface area contributed by atoms with Gasteiger partial charge in [-0.1, -0.05) is 6.92 Å². The molecule has 1 aliphatic heterocycles. The van der Waals surface area contributed by atoms with Crippen molar-refractivity contribution >= 4 is 17.1 Å². The Morgan fingerprint density at radius 1 is 1.38 bits per heavy atom. The summed E-state index contributed by atoms with van der Waals surface area (Å²) in [5, 5.41) is 0. The summed E-state index contributed by atoms with van der Waals surface area (Å²) >= 11 is 0. The zero-order valence-electron chi connectivity index (χ0n) is 13.0. The number of hydrogen-bond acceptors (Lipinski definition) is 3. The number of piperidine rings is 1. The summed E-state index contributed by atoms with van der Waals surface area (Å²) in [5.41, 5.74) is 4.26. The summed E-state index contributed by atoms with van der Waals surface area (Å²) in [5.74, 6) is 0.674. The third-order valence-corrected chi connectivity index (χ3v) is 4.54. The number of aromatic nitrogens is 3. The SMILES string of the molecule is CCc1cnc2cc(C3CCN(C(C)=O)CC3)n(C)c2n1. The molecule has 2 aromatic rings. The summed E-state index contributed by atoms with van der Waals surface area (Å²) in [6.07, 6.45) is 4.81. The number of rotatable bonds is 2. The highest BCUT2D eigenvalue weighted by Gasteiger charge is 2.24. The maximum Gasteiger partial charge on any atom is 0.219 e. The van der Waals surface area contributed by atoms with Gasteiger partial charge in [0.05, 0.1) is 5.69 Å². The van der Waals surface area contributed by atoms with E-state index in [4.69, 9.17) is 0 Å². The molecular weight excluding hydrogens is 264 g/mol. The Kier molecular flexibility index (Phi) is 3.66. The second-order valence-electron chi connectivity index (χ2n) is 5.83. The van der Waals surface area contributed by atoms with Gasteiger partial charge in [-0.05, 0) is 25.3 Å². The van der Waals surface area contributed by atoms with Gasteiger partial charge in [0.15, 0.2) is 5.65 Å². The summed E-state index contributed by atoms with van der Waals surface area (Å²) in [6.45, 7) is 5.44. The third-order valence-electron chi connectivity index (χ3n) is 4.54. The van der Waals surface area contributed by atoms with Gasteiger partial charge in [-0.3, -0.25) is 9.78 Å². The lowest BCUT2D eigenvalue weighted by Gasteiger charge is -2.31. The first-order valence-corrected chi connectivity index (χ1v) is 7.67. The molecule has 0 atom stereocenters. The Labute approximate surface area is 125 Å². The number of nitrogens with zero attached hydrogens (tertiary/aromatic N) is 4. The summed E-state index contributed by atoms with van der Waals surface area (Å²) in [4.78, 5) is 22.6. The average molecular weight is 286 g/mol. The van der Waals surface area contributed by atoms with E-state index in [1.807, 2.05) is 11.1 Å². The molecule has 0 saturated carbocycles. The molecule has 0 radical (unpaired) electrons. The van der Waals surface area contributed by atoms with Crippen LogP contribution in [0.25, 0.3) is 11.2 Å². The highest BCUT2D eigenvalue weighted by molar-refractivity contribution is 5.74. The predicted octanol–water partition coefficient (Wildman–Crippen LogP) is 2.26.